The summed E-state index contributed by atoms with van der Waals surface area (Å²) in [5.41, 5.74) is -1.29. The number of hydrogen-bond donors (Lipinski definition) is 1. The summed E-state index contributed by atoms with van der Waals surface area (Å²) in [5, 5.41) is 8.75. The SMILES string of the molecule is O=C(O)c1cnc(CC2CCCO2)nc1C(F)F. The number of halogens is 2. The van der Waals surface area contributed by atoms with Gasteiger partial charge in [0.15, 0.2) is 0 Å². The molecule has 2 heterocycles. The van der Waals surface area contributed by atoms with Gasteiger partial charge in [-0.25, -0.2) is 23.5 Å². The van der Waals surface area contributed by atoms with Crippen molar-refractivity contribution in [2.75, 3.05) is 6.61 Å². The summed E-state index contributed by atoms with van der Waals surface area (Å²) < 4.78 is 30.7. The van der Waals surface area contributed by atoms with Crippen LogP contribution in [0.15, 0.2) is 6.20 Å². The van der Waals surface area contributed by atoms with E-state index in [1.165, 1.54) is 0 Å². The molecule has 0 bridgehead atoms. The van der Waals surface area contributed by atoms with Crippen LogP contribution in [0.25, 0.3) is 0 Å². The van der Waals surface area contributed by atoms with Gasteiger partial charge >= 0.3 is 5.97 Å². The van der Waals surface area contributed by atoms with Crippen LogP contribution in [-0.4, -0.2) is 33.8 Å². The first-order chi connectivity index (χ1) is 8.58. The number of aromatic nitrogens is 2. The highest BCUT2D eigenvalue weighted by Gasteiger charge is 2.23. The highest BCUT2D eigenvalue weighted by Crippen LogP contribution is 2.22. The Balaban J connectivity index is 2.22. The molecular weight excluding hydrogens is 246 g/mol. The zero-order chi connectivity index (χ0) is 13.1. The molecule has 1 fully saturated rings. The minimum atomic E-state index is -2.93. The lowest BCUT2D eigenvalue weighted by atomic mass is 10.1. The molecule has 1 N–H and O–H groups in total. The van der Waals surface area contributed by atoms with Crippen molar-refractivity contribution in [2.24, 2.45) is 0 Å². The summed E-state index contributed by atoms with van der Waals surface area (Å²) in [6.07, 6.45) is 0.0440. The van der Waals surface area contributed by atoms with Crippen molar-refractivity contribution in [2.45, 2.75) is 31.8 Å². The van der Waals surface area contributed by atoms with Crippen molar-refractivity contribution in [3.63, 3.8) is 0 Å². The fraction of sp³-hybridized carbons (Fsp3) is 0.545. The Bertz CT molecular complexity index is 448. The van der Waals surface area contributed by atoms with Crippen molar-refractivity contribution in [1.29, 1.82) is 0 Å². The largest absolute Gasteiger partial charge is 0.478 e. The summed E-state index contributed by atoms with van der Waals surface area (Å²) in [5.74, 6) is -1.25. The zero-order valence-corrected chi connectivity index (χ0v) is 9.47. The molecule has 2 rings (SSSR count). The standard InChI is InChI=1S/C11H12F2N2O3/c12-10(13)9-7(11(16)17)5-14-8(15-9)4-6-2-1-3-18-6/h5-6,10H,1-4H2,(H,16,17). The van der Waals surface area contributed by atoms with Gasteiger partial charge in [-0.3, -0.25) is 0 Å². The number of hydrogen-bond acceptors (Lipinski definition) is 4. The van der Waals surface area contributed by atoms with Gasteiger partial charge in [-0.1, -0.05) is 0 Å². The maximum atomic E-state index is 12.7. The third kappa shape index (κ3) is 2.79. The average Bonchev–Trinajstić information content (AvgIpc) is 2.81. The van der Waals surface area contributed by atoms with Crippen LogP contribution in [0.4, 0.5) is 8.78 Å². The number of aromatic carboxylic acids is 1. The first kappa shape index (κ1) is 12.8. The topological polar surface area (TPSA) is 72.3 Å². The molecule has 1 aliphatic rings. The summed E-state index contributed by atoms with van der Waals surface area (Å²) in [7, 11) is 0. The maximum absolute atomic E-state index is 12.7. The van der Waals surface area contributed by atoms with Gasteiger partial charge in [0.25, 0.3) is 6.43 Å². The minimum Gasteiger partial charge on any atom is -0.478 e. The molecule has 1 atom stereocenters. The lowest BCUT2D eigenvalue weighted by molar-refractivity contribution is 0.0681. The van der Waals surface area contributed by atoms with Gasteiger partial charge in [0.05, 0.1) is 6.10 Å². The first-order valence-electron chi connectivity index (χ1n) is 5.56. The second kappa shape index (κ2) is 5.34. The van der Waals surface area contributed by atoms with Gasteiger partial charge in [-0.05, 0) is 12.8 Å². The smallest absolute Gasteiger partial charge is 0.339 e. The molecule has 5 nitrogen and oxygen atoms in total. The van der Waals surface area contributed by atoms with Crippen LogP contribution in [0.3, 0.4) is 0 Å². The molecule has 0 aromatic carbocycles. The average molecular weight is 258 g/mol. The predicted molar refractivity (Wildman–Crippen MR) is 56.6 cm³/mol. The van der Waals surface area contributed by atoms with Crippen molar-refractivity contribution < 1.29 is 23.4 Å². The lowest BCUT2D eigenvalue weighted by Crippen LogP contribution is -2.15. The maximum Gasteiger partial charge on any atom is 0.339 e. The Morgan fingerprint density at radius 3 is 2.94 bits per heavy atom. The van der Waals surface area contributed by atoms with Gasteiger partial charge < -0.3 is 9.84 Å². The van der Waals surface area contributed by atoms with E-state index in [4.69, 9.17) is 9.84 Å². The Hall–Kier alpha value is -1.63. The highest BCUT2D eigenvalue weighted by molar-refractivity contribution is 5.88. The second-order valence-electron chi connectivity index (χ2n) is 4.03. The van der Waals surface area contributed by atoms with E-state index < -0.39 is 23.7 Å². The number of rotatable bonds is 4. The van der Waals surface area contributed by atoms with Crippen LogP contribution in [0.5, 0.6) is 0 Å². The Labute approximate surface area is 102 Å². The van der Waals surface area contributed by atoms with Crippen LogP contribution in [0.2, 0.25) is 0 Å². The fourth-order valence-electron chi connectivity index (χ4n) is 1.87. The summed E-state index contributed by atoms with van der Waals surface area (Å²) in [4.78, 5) is 18.2. The first-order valence-corrected chi connectivity index (χ1v) is 5.56. The third-order valence-electron chi connectivity index (χ3n) is 2.74. The second-order valence-corrected chi connectivity index (χ2v) is 4.03. The predicted octanol–water partition coefficient (Wildman–Crippen LogP) is 1.83. The van der Waals surface area contributed by atoms with Gasteiger partial charge in [0.2, 0.25) is 0 Å². The van der Waals surface area contributed by atoms with Crippen molar-refractivity contribution in [3.8, 4) is 0 Å². The van der Waals surface area contributed by atoms with E-state index in [-0.39, 0.29) is 11.9 Å². The molecule has 0 radical (unpaired) electrons. The van der Waals surface area contributed by atoms with E-state index in [1.807, 2.05) is 0 Å². The van der Waals surface area contributed by atoms with Crippen LogP contribution in [0.1, 0.15) is 41.1 Å². The summed E-state index contributed by atoms with van der Waals surface area (Å²) in [6.45, 7) is 0.652. The molecule has 7 heteroatoms. The van der Waals surface area contributed by atoms with E-state index >= 15 is 0 Å². The number of ether oxygens (including phenoxy) is 1. The van der Waals surface area contributed by atoms with Gasteiger partial charge in [0, 0.05) is 19.2 Å². The van der Waals surface area contributed by atoms with E-state index in [0.717, 1.165) is 19.0 Å². The molecule has 1 saturated heterocycles. The minimum absolute atomic E-state index is 0.0637. The van der Waals surface area contributed by atoms with Gasteiger partial charge in [-0.2, -0.15) is 0 Å². The zero-order valence-electron chi connectivity index (χ0n) is 9.47. The van der Waals surface area contributed by atoms with Gasteiger partial charge in [0.1, 0.15) is 17.1 Å². The molecule has 1 aromatic heterocycles. The quantitative estimate of drug-likeness (QED) is 0.892. The van der Waals surface area contributed by atoms with Crippen molar-refractivity contribution in [3.05, 3.63) is 23.3 Å². The highest BCUT2D eigenvalue weighted by atomic mass is 19.3. The molecule has 0 saturated carbocycles. The van der Waals surface area contributed by atoms with E-state index in [0.29, 0.717) is 13.0 Å². The molecule has 18 heavy (non-hydrogen) atoms. The third-order valence-corrected chi connectivity index (χ3v) is 2.74. The molecule has 0 aliphatic carbocycles. The molecule has 98 valence electrons. The Morgan fingerprint density at radius 1 is 1.61 bits per heavy atom. The van der Waals surface area contributed by atoms with Crippen molar-refractivity contribution >= 4 is 5.97 Å². The normalized spacial score (nSPS) is 19.4. The summed E-state index contributed by atoms with van der Waals surface area (Å²) in [6, 6.07) is 0. The molecule has 1 aromatic rings. The number of carboxylic acid groups (broad SMARTS) is 1. The Morgan fingerprint density at radius 2 is 2.39 bits per heavy atom. The number of alkyl halides is 2. The van der Waals surface area contributed by atoms with E-state index in [1.54, 1.807) is 0 Å². The molecule has 1 unspecified atom stereocenters. The monoisotopic (exact) mass is 258 g/mol. The number of carbonyl (C=O) groups is 1. The lowest BCUT2D eigenvalue weighted by Gasteiger charge is -2.10. The molecule has 0 amide bonds. The van der Waals surface area contributed by atoms with Crippen molar-refractivity contribution in [1.82, 2.24) is 9.97 Å². The molecule has 1 aliphatic heterocycles. The van der Waals surface area contributed by atoms with Crippen LogP contribution in [0, 0.1) is 0 Å². The van der Waals surface area contributed by atoms with E-state index in [9.17, 15) is 13.6 Å². The van der Waals surface area contributed by atoms with Gasteiger partial charge in [-0.15, -0.1) is 0 Å². The molecular formula is C11H12F2N2O3. The Kier molecular flexibility index (Phi) is 3.81. The van der Waals surface area contributed by atoms with Crippen LogP contribution >= 0.6 is 0 Å². The molecule has 0 spiro atoms. The fourth-order valence-corrected chi connectivity index (χ4v) is 1.87. The van der Waals surface area contributed by atoms with E-state index in [2.05, 4.69) is 9.97 Å². The number of nitrogens with zero attached hydrogens (tertiary/aromatic N) is 2. The number of carboxylic acids is 1. The van der Waals surface area contributed by atoms with Crippen LogP contribution < -0.4 is 0 Å². The summed E-state index contributed by atoms with van der Waals surface area (Å²) >= 11 is 0. The van der Waals surface area contributed by atoms with Crippen LogP contribution in [-0.2, 0) is 11.2 Å².